The number of hydrogen-bond acceptors (Lipinski definition) is 2. The second-order valence-corrected chi connectivity index (χ2v) is 8.13. The molecule has 0 aliphatic rings. The van der Waals surface area contributed by atoms with E-state index in [4.69, 9.17) is 17.3 Å². The molecule has 0 saturated carbocycles. The first-order valence-corrected chi connectivity index (χ1v) is 10.8. The number of aliphatic imine (C=N–C) groups is 1. The molecule has 2 nitrogen and oxygen atoms in total. The highest BCUT2D eigenvalue weighted by molar-refractivity contribution is 6.39. The minimum Gasteiger partial charge on any atom is -0.403 e. The van der Waals surface area contributed by atoms with Crippen LogP contribution in [0.2, 0.25) is 0 Å². The summed E-state index contributed by atoms with van der Waals surface area (Å²) in [5.74, 6) is 0.580. The van der Waals surface area contributed by atoms with Gasteiger partial charge in [-0.3, -0.25) is 4.99 Å². The van der Waals surface area contributed by atoms with Crippen LogP contribution in [0.4, 0.5) is 4.39 Å². The van der Waals surface area contributed by atoms with Gasteiger partial charge in [-0.05, 0) is 55.7 Å². The van der Waals surface area contributed by atoms with E-state index in [-0.39, 0.29) is 5.82 Å². The molecule has 0 aromatic heterocycles. The summed E-state index contributed by atoms with van der Waals surface area (Å²) in [5.41, 5.74) is 8.14. The summed E-state index contributed by atoms with van der Waals surface area (Å²) < 4.78 is 14.2. The van der Waals surface area contributed by atoms with Crippen molar-refractivity contribution >= 4 is 17.8 Å². The minimum absolute atomic E-state index is 0.107. The fourth-order valence-electron chi connectivity index (χ4n) is 3.35. The highest BCUT2D eigenvalue weighted by atomic mass is 35.5. The largest absolute Gasteiger partial charge is 0.403 e. The lowest BCUT2D eigenvalue weighted by Crippen LogP contribution is -2.04. The molecule has 1 aromatic rings. The van der Waals surface area contributed by atoms with Gasteiger partial charge in [-0.1, -0.05) is 74.9 Å². The molecule has 0 amide bonds. The maximum Gasteiger partial charge on any atom is 0.126 e. The molecule has 1 atom stereocenters. The molecule has 0 saturated heterocycles. The van der Waals surface area contributed by atoms with Crippen LogP contribution in [-0.2, 0) is 12.8 Å². The van der Waals surface area contributed by atoms with Gasteiger partial charge in [-0.2, -0.15) is 0 Å². The van der Waals surface area contributed by atoms with E-state index < -0.39 is 0 Å². The summed E-state index contributed by atoms with van der Waals surface area (Å²) in [6.07, 6.45) is 12.8. The number of halogens is 2. The maximum atomic E-state index is 14.2. The van der Waals surface area contributed by atoms with E-state index in [1.54, 1.807) is 12.3 Å². The molecule has 0 heterocycles. The summed E-state index contributed by atoms with van der Waals surface area (Å²) in [4.78, 5) is 4.35. The van der Waals surface area contributed by atoms with Crippen LogP contribution in [0.1, 0.15) is 69.9 Å². The third-order valence-electron chi connectivity index (χ3n) is 4.94. The van der Waals surface area contributed by atoms with Crippen LogP contribution < -0.4 is 5.73 Å². The van der Waals surface area contributed by atoms with Crippen LogP contribution in [0.3, 0.4) is 0 Å². The first kappa shape index (κ1) is 24.4. The topological polar surface area (TPSA) is 38.4 Å². The van der Waals surface area contributed by atoms with Gasteiger partial charge in [0.1, 0.15) is 5.82 Å². The van der Waals surface area contributed by atoms with Crippen molar-refractivity contribution in [3.8, 4) is 0 Å². The second-order valence-electron chi connectivity index (χ2n) is 7.69. The number of nitrogens with two attached hydrogens (primary N) is 1. The molecule has 0 radical (unpaired) electrons. The molecule has 2 N–H and O–H groups in total. The van der Waals surface area contributed by atoms with E-state index >= 15 is 0 Å². The number of nitrogens with zero attached hydrogens (tertiary/aromatic N) is 1. The molecule has 4 heteroatoms. The minimum atomic E-state index is -0.107. The van der Waals surface area contributed by atoms with Crippen molar-refractivity contribution in [2.75, 3.05) is 6.54 Å². The van der Waals surface area contributed by atoms with Crippen molar-refractivity contribution in [3.05, 3.63) is 58.5 Å². The first-order chi connectivity index (χ1) is 13.5. The van der Waals surface area contributed by atoms with Crippen molar-refractivity contribution in [2.45, 2.75) is 71.6 Å². The van der Waals surface area contributed by atoms with Gasteiger partial charge < -0.3 is 5.73 Å². The van der Waals surface area contributed by atoms with E-state index in [0.717, 1.165) is 48.9 Å². The zero-order valence-corrected chi connectivity index (χ0v) is 18.3. The molecule has 0 bridgehead atoms. The van der Waals surface area contributed by atoms with Crippen LogP contribution in [0.5, 0.6) is 0 Å². The average molecular weight is 407 g/mol. The lowest BCUT2D eigenvalue weighted by Gasteiger charge is -2.15. The van der Waals surface area contributed by atoms with E-state index in [2.05, 4.69) is 24.6 Å². The fraction of sp³-hybridized carbons (Fsp3) is 0.542. The highest BCUT2D eigenvalue weighted by Gasteiger charge is 2.09. The van der Waals surface area contributed by atoms with Gasteiger partial charge in [0.2, 0.25) is 0 Å². The zero-order valence-electron chi connectivity index (χ0n) is 17.5. The molecule has 0 aliphatic heterocycles. The lowest BCUT2D eigenvalue weighted by atomic mass is 9.92. The third kappa shape index (κ3) is 10.7. The number of hydrogen-bond donors (Lipinski definition) is 1. The molecule has 0 aliphatic carbocycles. The average Bonchev–Trinajstić information content (AvgIpc) is 2.67. The summed E-state index contributed by atoms with van der Waals surface area (Å²) >= 11 is 5.83. The first-order valence-electron chi connectivity index (χ1n) is 10.4. The Morgan fingerprint density at radius 1 is 1.25 bits per heavy atom. The van der Waals surface area contributed by atoms with Gasteiger partial charge in [0.25, 0.3) is 0 Å². The normalized spacial score (nSPS) is 13.2. The number of aryl methyl sites for hydroxylation is 1. The number of unbranched alkanes of at least 4 members (excludes halogenated alkanes) is 2. The Labute approximate surface area is 175 Å². The summed E-state index contributed by atoms with van der Waals surface area (Å²) in [6, 6.07) is 5.65. The lowest BCUT2D eigenvalue weighted by molar-refractivity contribution is 0.396. The molecule has 156 valence electrons. The van der Waals surface area contributed by atoms with E-state index in [1.807, 2.05) is 13.0 Å². The van der Waals surface area contributed by atoms with Crippen molar-refractivity contribution in [3.63, 3.8) is 0 Å². The van der Waals surface area contributed by atoms with Gasteiger partial charge in [-0.25, -0.2) is 4.39 Å². The molecular weight excluding hydrogens is 371 g/mol. The van der Waals surface area contributed by atoms with E-state index in [9.17, 15) is 4.39 Å². The molecule has 1 aromatic carbocycles. The number of allylic oxidation sites excluding steroid dienone is 2. The van der Waals surface area contributed by atoms with Crippen molar-refractivity contribution in [1.82, 2.24) is 0 Å². The summed E-state index contributed by atoms with van der Waals surface area (Å²) in [6.45, 7) is 8.80. The van der Waals surface area contributed by atoms with Gasteiger partial charge >= 0.3 is 0 Å². The Balaban J connectivity index is 2.41. The predicted molar refractivity (Wildman–Crippen MR) is 122 cm³/mol. The van der Waals surface area contributed by atoms with Gasteiger partial charge in [0, 0.05) is 19.0 Å². The Bertz CT molecular complexity index is 652. The highest BCUT2D eigenvalue weighted by Crippen LogP contribution is 2.21. The van der Waals surface area contributed by atoms with Gasteiger partial charge in [-0.15, -0.1) is 0 Å². The molecule has 1 unspecified atom stereocenters. The second kappa shape index (κ2) is 14.4. The summed E-state index contributed by atoms with van der Waals surface area (Å²) in [5, 5.41) is 0.478. The van der Waals surface area contributed by atoms with Crippen molar-refractivity contribution in [2.24, 2.45) is 16.6 Å². The zero-order chi connectivity index (χ0) is 20.8. The monoisotopic (exact) mass is 406 g/mol. The Morgan fingerprint density at radius 2 is 2.00 bits per heavy atom. The Morgan fingerprint density at radius 3 is 2.64 bits per heavy atom. The van der Waals surface area contributed by atoms with Crippen molar-refractivity contribution < 1.29 is 4.39 Å². The fourth-order valence-corrected chi connectivity index (χ4v) is 3.42. The van der Waals surface area contributed by atoms with Crippen molar-refractivity contribution in [1.29, 1.82) is 0 Å². The van der Waals surface area contributed by atoms with Crippen LogP contribution in [0.25, 0.3) is 0 Å². The van der Waals surface area contributed by atoms with Crippen LogP contribution in [-0.4, -0.2) is 12.8 Å². The van der Waals surface area contributed by atoms with Gasteiger partial charge in [0.15, 0.2) is 0 Å². The molecule has 28 heavy (non-hydrogen) atoms. The number of rotatable bonds is 14. The molecule has 1 rings (SSSR count). The molecular formula is C24H36ClFN2. The standard InChI is InChI=1S/C24H36ClFN2/c1-4-5-8-20(13-14-28-18-23(25)17-27)9-6-7-10-21-11-12-22(15-19(2)3)24(26)16-21/h11-12,16-18,20H,2,4-10,13-15,27H2,1,3H3/b23-17+,28-18-. The number of benzene rings is 1. The molecule has 0 spiro atoms. The predicted octanol–water partition coefficient (Wildman–Crippen LogP) is 6.96. The van der Waals surface area contributed by atoms with Gasteiger partial charge in [0.05, 0.1) is 5.03 Å². The molecule has 0 fully saturated rings. The van der Waals surface area contributed by atoms with E-state index in [0.29, 0.717) is 17.4 Å². The third-order valence-corrected chi connectivity index (χ3v) is 5.17. The quantitative estimate of drug-likeness (QED) is 0.202. The Hall–Kier alpha value is -1.61. The van der Waals surface area contributed by atoms with Crippen LogP contribution in [0, 0.1) is 11.7 Å². The maximum absolute atomic E-state index is 14.2. The SMILES string of the molecule is C=C(C)Cc1ccc(CCCCC(CCCC)CC/N=C\C(Cl)=C/N)cc1F. The summed E-state index contributed by atoms with van der Waals surface area (Å²) in [7, 11) is 0. The van der Waals surface area contributed by atoms with Crippen LogP contribution >= 0.6 is 11.6 Å². The van der Waals surface area contributed by atoms with Crippen LogP contribution in [0.15, 0.2) is 46.6 Å². The van der Waals surface area contributed by atoms with E-state index in [1.165, 1.54) is 31.9 Å². The Kier molecular flexibility index (Phi) is 12.6. The smallest absolute Gasteiger partial charge is 0.126 e.